The van der Waals surface area contributed by atoms with Gasteiger partial charge in [-0.1, -0.05) is 72.3 Å². The number of amides is 2. The molecule has 2 fully saturated rings. The van der Waals surface area contributed by atoms with Crippen LogP contribution in [0.4, 0.5) is 5.69 Å². The molecule has 6 atom stereocenters. The van der Waals surface area contributed by atoms with Crippen LogP contribution in [0.15, 0.2) is 133 Å². The molecule has 3 aliphatic carbocycles. The molecule has 1 saturated heterocycles. The zero-order valence-electron chi connectivity index (χ0n) is 28.9. The Balaban J connectivity index is 1.23. The summed E-state index contributed by atoms with van der Waals surface area (Å²) < 4.78 is 6.20. The van der Waals surface area contributed by atoms with E-state index >= 15 is 9.59 Å². The molecule has 0 spiro atoms. The number of allylic oxidation sites excluding steroid dienone is 5. The van der Waals surface area contributed by atoms with Gasteiger partial charge in [0.05, 0.1) is 29.2 Å². The number of Topliss-reactive ketones (excluding diaryl/α,β-unsaturated/α-hetero) is 2. The van der Waals surface area contributed by atoms with E-state index in [0.29, 0.717) is 40.1 Å². The average molecular weight is 702 g/mol. The summed E-state index contributed by atoms with van der Waals surface area (Å²) in [7, 11) is 0. The summed E-state index contributed by atoms with van der Waals surface area (Å²) in [5, 5.41) is 10.4. The number of rotatable bonds is 5. The molecule has 0 aromatic heterocycles. The number of ether oxygens (including phenoxy) is 1. The Morgan fingerprint density at radius 2 is 1.57 bits per heavy atom. The molecule has 4 aromatic carbocycles. The molecule has 9 rings (SSSR count). The van der Waals surface area contributed by atoms with Crippen LogP contribution in [-0.4, -0.2) is 34.3 Å². The zero-order chi connectivity index (χ0) is 36.6. The molecule has 262 valence electrons. The van der Waals surface area contributed by atoms with Crippen molar-refractivity contribution in [2.75, 3.05) is 4.90 Å². The fourth-order valence-electron chi connectivity index (χ4n) is 9.79. The lowest BCUT2D eigenvalue weighted by Crippen LogP contribution is -2.60. The van der Waals surface area contributed by atoms with E-state index in [1.807, 2.05) is 66.7 Å². The van der Waals surface area contributed by atoms with Gasteiger partial charge in [0.1, 0.15) is 11.5 Å². The molecule has 1 saturated carbocycles. The van der Waals surface area contributed by atoms with Crippen LogP contribution in [0, 0.1) is 29.6 Å². The number of benzene rings is 4. The topological polar surface area (TPSA) is 118 Å². The van der Waals surface area contributed by atoms with E-state index in [2.05, 4.69) is 0 Å². The van der Waals surface area contributed by atoms with Gasteiger partial charge in [-0.05, 0) is 90.9 Å². The Kier molecular flexibility index (Phi) is 7.55. The van der Waals surface area contributed by atoms with Crippen LogP contribution in [0.1, 0.15) is 46.8 Å². The summed E-state index contributed by atoms with van der Waals surface area (Å²) in [6.07, 6.45) is 6.01. The molecule has 8 heteroatoms. The summed E-state index contributed by atoms with van der Waals surface area (Å²) >= 11 is 0. The highest BCUT2D eigenvalue weighted by molar-refractivity contribution is 6.31. The van der Waals surface area contributed by atoms with Gasteiger partial charge in [0, 0.05) is 35.0 Å². The number of ketones is 3. The number of imide groups is 1. The van der Waals surface area contributed by atoms with Crippen LogP contribution in [-0.2, 0) is 31.0 Å². The number of carbonyl (C=O) groups excluding carboxylic acids is 5. The van der Waals surface area contributed by atoms with Crippen molar-refractivity contribution in [1.29, 1.82) is 0 Å². The number of anilines is 1. The lowest BCUT2D eigenvalue weighted by molar-refractivity contribution is -0.136. The normalized spacial score (nSPS) is 27.4. The fraction of sp³-hybridized carbons (Fsp3) is 0.222. The van der Waals surface area contributed by atoms with E-state index in [1.54, 1.807) is 48.7 Å². The predicted molar refractivity (Wildman–Crippen MR) is 197 cm³/mol. The standard InChI is InChI=1S/C45H35NO7/c1-25(47)26-12-14-31(15-13-26)46-43(51)34-18-17-33-36(40(34)44(46)52)22-37-42(50)35(27-8-4-2-5-9-27)23-39(49)45(37,30-10-6-3-7-11-30)41(33)29-20-28-21-32(48)16-19-38(28)53-24-29/h2-17,19,21,23-24,34,36-37,40-41,48H,18,20,22H2,1H3/t34-,36+,37-,40-,41-,45-/m0/s1. The molecule has 2 aliphatic heterocycles. The third-order valence-electron chi connectivity index (χ3n) is 12.1. The van der Waals surface area contributed by atoms with E-state index in [9.17, 15) is 19.5 Å². The number of aromatic hydroxyl groups is 1. The number of phenols is 1. The number of phenolic OH excluding ortho intramolecular Hbond substituents is 1. The van der Waals surface area contributed by atoms with Gasteiger partial charge in [-0.15, -0.1) is 0 Å². The van der Waals surface area contributed by atoms with Gasteiger partial charge in [0.15, 0.2) is 17.3 Å². The maximum absolute atomic E-state index is 15.2. The molecule has 2 amide bonds. The van der Waals surface area contributed by atoms with Crippen molar-refractivity contribution in [3.8, 4) is 11.5 Å². The molecule has 1 N–H and O–H groups in total. The van der Waals surface area contributed by atoms with Crippen molar-refractivity contribution in [1.82, 2.24) is 0 Å². The summed E-state index contributed by atoms with van der Waals surface area (Å²) in [5.74, 6) is -4.03. The molecule has 4 aromatic rings. The largest absolute Gasteiger partial charge is 0.508 e. The van der Waals surface area contributed by atoms with Crippen molar-refractivity contribution in [2.45, 2.75) is 31.6 Å². The van der Waals surface area contributed by atoms with Gasteiger partial charge in [0.25, 0.3) is 0 Å². The first-order chi connectivity index (χ1) is 25.7. The number of hydrogen-bond donors (Lipinski definition) is 1. The Morgan fingerprint density at radius 1 is 0.849 bits per heavy atom. The monoisotopic (exact) mass is 701 g/mol. The van der Waals surface area contributed by atoms with Gasteiger partial charge in [0.2, 0.25) is 11.8 Å². The van der Waals surface area contributed by atoms with Crippen LogP contribution in [0.2, 0.25) is 0 Å². The molecule has 53 heavy (non-hydrogen) atoms. The summed E-state index contributed by atoms with van der Waals surface area (Å²) in [6.45, 7) is 1.46. The first-order valence-electron chi connectivity index (χ1n) is 18.0. The third-order valence-corrected chi connectivity index (χ3v) is 12.1. The Bertz CT molecular complexity index is 2340. The second-order valence-electron chi connectivity index (χ2n) is 14.7. The fourth-order valence-corrected chi connectivity index (χ4v) is 9.79. The zero-order valence-corrected chi connectivity index (χ0v) is 28.9. The van der Waals surface area contributed by atoms with E-state index in [1.165, 1.54) is 17.9 Å². The summed E-state index contributed by atoms with van der Waals surface area (Å²) in [6, 6.07) is 30.0. The highest BCUT2D eigenvalue weighted by atomic mass is 16.5. The van der Waals surface area contributed by atoms with Crippen molar-refractivity contribution < 1.29 is 33.8 Å². The predicted octanol–water partition coefficient (Wildman–Crippen LogP) is 6.98. The first-order valence-corrected chi connectivity index (χ1v) is 18.0. The van der Waals surface area contributed by atoms with E-state index < -0.39 is 35.0 Å². The highest BCUT2D eigenvalue weighted by Gasteiger charge is 2.66. The van der Waals surface area contributed by atoms with Crippen LogP contribution < -0.4 is 9.64 Å². The lowest BCUT2D eigenvalue weighted by atomic mass is 9.44. The van der Waals surface area contributed by atoms with Gasteiger partial charge in [-0.2, -0.15) is 0 Å². The lowest BCUT2D eigenvalue weighted by Gasteiger charge is -2.56. The Labute approximate surface area is 306 Å². The van der Waals surface area contributed by atoms with Gasteiger partial charge in [-0.25, -0.2) is 0 Å². The highest BCUT2D eigenvalue weighted by Crippen LogP contribution is 2.63. The van der Waals surface area contributed by atoms with Crippen molar-refractivity contribution in [3.05, 3.63) is 155 Å². The molecule has 2 heterocycles. The number of carbonyl (C=O) groups is 5. The van der Waals surface area contributed by atoms with Crippen molar-refractivity contribution in [2.24, 2.45) is 29.6 Å². The van der Waals surface area contributed by atoms with E-state index in [4.69, 9.17) is 4.74 Å². The molecule has 0 radical (unpaired) electrons. The number of fused-ring (bicyclic) bond motifs is 5. The molecule has 5 aliphatic rings. The summed E-state index contributed by atoms with van der Waals surface area (Å²) in [5.41, 5.74) is 3.49. The van der Waals surface area contributed by atoms with Crippen LogP contribution in [0.3, 0.4) is 0 Å². The minimum absolute atomic E-state index is 0.0799. The number of nitrogens with zero attached hydrogens (tertiary/aromatic N) is 1. The maximum Gasteiger partial charge on any atom is 0.238 e. The maximum atomic E-state index is 15.2. The van der Waals surface area contributed by atoms with Crippen LogP contribution >= 0.6 is 0 Å². The van der Waals surface area contributed by atoms with Crippen molar-refractivity contribution in [3.63, 3.8) is 0 Å². The van der Waals surface area contributed by atoms with Crippen LogP contribution in [0.5, 0.6) is 11.5 Å². The second kappa shape index (κ2) is 12.2. The minimum Gasteiger partial charge on any atom is -0.508 e. The smallest absolute Gasteiger partial charge is 0.238 e. The minimum atomic E-state index is -1.37. The SMILES string of the molecule is CC(=O)c1ccc(N2C(=O)[C@H]3[C@H](CC=C4[C@H](C5=COc6ccc(O)cc6C5)[C@]5(c6ccccc6)C(=O)C=C(c6ccccc6)C(=O)[C@@H]5C[C@H]43)C2=O)cc1. The average Bonchev–Trinajstić information content (AvgIpc) is 3.44. The Morgan fingerprint density at radius 3 is 2.28 bits per heavy atom. The van der Waals surface area contributed by atoms with Crippen LogP contribution in [0.25, 0.3) is 5.57 Å². The Hall–Kier alpha value is -6.15. The first kappa shape index (κ1) is 32.7. The molecule has 0 unspecified atom stereocenters. The van der Waals surface area contributed by atoms with E-state index in [0.717, 1.165) is 16.7 Å². The molecule has 0 bridgehead atoms. The third kappa shape index (κ3) is 4.85. The summed E-state index contributed by atoms with van der Waals surface area (Å²) in [4.78, 5) is 72.4. The molecular weight excluding hydrogens is 666 g/mol. The molecule has 8 nitrogen and oxygen atoms in total. The number of hydrogen-bond acceptors (Lipinski definition) is 7. The van der Waals surface area contributed by atoms with Crippen molar-refractivity contribution >= 4 is 40.4 Å². The van der Waals surface area contributed by atoms with Gasteiger partial charge in [-0.3, -0.25) is 28.9 Å². The van der Waals surface area contributed by atoms with Gasteiger partial charge < -0.3 is 9.84 Å². The molecular formula is C45H35NO7. The van der Waals surface area contributed by atoms with Gasteiger partial charge >= 0.3 is 0 Å². The second-order valence-corrected chi connectivity index (χ2v) is 14.7. The quantitative estimate of drug-likeness (QED) is 0.136. The van der Waals surface area contributed by atoms with E-state index in [-0.39, 0.29) is 47.8 Å².